The van der Waals surface area contributed by atoms with Crippen molar-refractivity contribution in [2.75, 3.05) is 0 Å². The minimum absolute atomic E-state index is 0.219. The number of aromatic nitrogens is 2. The number of carbonyl (C=O) groups excluding carboxylic acids is 1. The van der Waals surface area contributed by atoms with E-state index in [0.717, 1.165) is 53.5 Å². The monoisotopic (exact) mass is 448 g/mol. The van der Waals surface area contributed by atoms with Crippen molar-refractivity contribution >= 4 is 38.6 Å². The predicted molar refractivity (Wildman–Crippen MR) is 123 cm³/mol. The molecule has 0 spiro atoms. The number of fused-ring (bicyclic) bond motifs is 4. The minimum atomic E-state index is 0.219. The van der Waals surface area contributed by atoms with Gasteiger partial charge in [-0.2, -0.15) is 4.98 Å². The van der Waals surface area contributed by atoms with E-state index in [4.69, 9.17) is 9.15 Å². The SMILES string of the molecule is CC(=O)N1C2CCC1CC(NCc1coc3cc(Oc4nc5ncccc5s4)ccc13)C2. The number of hydrogen-bond acceptors (Lipinski definition) is 7. The van der Waals surface area contributed by atoms with E-state index >= 15 is 0 Å². The summed E-state index contributed by atoms with van der Waals surface area (Å²) < 4.78 is 12.8. The summed E-state index contributed by atoms with van der Waals surface area (Å²) in [6, 6.07) is 11.0. The zero-order valence-corrected chi connectivity index (χ0v) is 18.6. The van der Waals surface area contributed by atoms with Crippen molar-refractivity contribution in [2.24, 2.45) is 0 Å². The van der Waals surface area contributed by atoms with E-state index in [-0.39, 0.29) is 5.91 Å². The molecule has 6 rings (SSSR count). The number of piperidine rings is 1. The normalized spacial score (nSPS) is 22.7. The van der Waals surface area contributed by atoms with Crippen LogP contribution in [0.25, 0.3) is 21.3 Å². The van der Waals surface area contributed by atoms with E-state index in [9.17, 15) is 4.79 Å². The molecule has 4 aromatic rings. The summed E-state index contributed by atoms with van der Waals surface area (Å²) >= 11 is 1.47. The Labute approximate surface area is 189 Å². The molecule has 1 aromatic carbocycles. The first kappa shape index (κ1) is 19.7. The summed E-state index contributed by atoms with van der Waals surface area (Å²) in [6.45, 7) is 2.45. The Hall–Kier alpha value is -2.97. The Kier molecular flexibility index (Phi) is 4.84. The van der Waals surface area contributed by atoms with Crippen LogP contribution in [0.4, 0.5) is 0 Å². The van der Waals surface area contributed by atoms with Gasteiger partial charge in [-0.3, -0.25) is 4.79 Å². The summed E-state index contributed by atoms with van der Waals surface area (Å²) in [7, 11) is 0. The Morgan fingerprint density at radius 3 is 2.91 bits per heavy atom. The van der Waals surface area contributed by atoms with Crippen LogP contribution in [0.3, 0.4) is 0 Å². The van der Waals surface area contributed by atoms with Crippen molar-refractivity contribution < 1.29 is 13.9 Å². The molecule has 2 aliphatic rings. The molecule has 8 heteroatoms. The highest BCUT2D eigenvalue weighted by molar-refractivity contribution is 7.20. The first-order chi connectivity index (χ1) is 15.6. The molecule has 1 amide bonds. The second-order valence-electron chi connectivity index (χ2n) is 8.69. The van der Waals surface area contributed by atoms with Crippen molar-refractivity contribution in [3.8, 4) is 10.9 Å². The van der Waals surface area contributed by atoms with Gasteiger partial charge in [0.05, 0.1) is 11.0 Å². The molecule has 2 aliphatic heterocycles. The second-order valence-corrected chi connectivity index (χ2v) is 9.68. The largest absolute Gasteiger partial charge is 0.464 e. The molecule has 5 heterocycles. The van der Waals surface area contributed by atoms with Crippen LogP contribution in [0, 0.1) is 0 Å². The van der Waals surface area contributed by atoms with E-state index < -0.39 is 0 Å². The first-order valence-electron chi connectivity index (χ1n) is 11.1. The lowest BCUT2D eigenvalue weighted by molar-refractivity contribution is -0.133. The van der Waals surface area contributed by atoms with Crippen molar-refractivity contribution in [1.29, 1.82) is 0 Å². The molecule has 1 N–H and O–H groups in total. The zero-order chi connectivity index (χ0) is 21.7. The lowest BCUT2D eigenvalue weighted by Gasteiger charge is -2.38. The number of nitrogens with one attached hydrogen (secondary N) is 1. The summed E-state index contributed by atoms with van der Waals surface area (Å²) in [6.07, 6.45) is 7.87. The number of furan rings is 1. The molecule has 0 radical (unpaired) electrons. The van der Waals surface area contributed by atoms with E-state index in [1.165, 1.54) is 11.3 Å². The van der Waals surface area contributed by atoms with E-state index in [1.807, 2.05) is 36.6 Å². The third kappa shape index (κ3) is 3.53. The highest BCUT2D eigenvalue weighted by atomic mass is 32.1. The third-order valence-corrected chi connectivity index (χ3v) is 7.54. The van der Waals surface area contributed by atoms with Gasteiger partial charge in [-0.05, 0) is 49.9 Å². The molecule has 0 aliphatic carbocycles. The highest BCUT2D eigenvalue weighted by Crippen LogP contribution is 2.36. The van der Waals surface area contributed by atoms with Crippen LogP contribution in [-0.4, -0.2) is 38.9 Å². The third-order valence-electron chi connectivity index (χ3n) is 6.66. The molecule has 32 heavy (non-hydrogen) atoms. The molecule has 2 atom stereocenters. The van der Waals surface area contributed by atoms with E-state index in [0.29, 0.717) is 34.7 Å². The van der Waals surface area contributed by atoms with Crippen LogP contribution in [0.2, 0.25) is 0 Å². The van der Waals surface area contributed by atoms with Gasteiger partial charge in [-0.1, -0.05) is 11.3 Å². The average Bonchev–Trinajstić information content (AvgIpc) is 3.45. The fourth-order valence-corrected chi connectivity index (χ4v) is 6.06. The molecule has 2 unspecified atom stereocenters. The summed E-state index contributed by atoms with van der Waals surface area (Å²) in [5.41, 5.74) is 2.63. The molecule has 3 aromatic heterocycles. The maximum Gasteiger partial charge on any atom is 0.281 e. The number of hydrogen-bond donors (Lipinski definition) is 1. The predicted octanol–water partition coefficient (Wildman–Crippen LogP) is 4.86. The smallest absolute Gasteiger partial charge is 0.281 e. The summed E-state index contributed by atoms with van der Waals surface area (Å²) in [5, 5.41) is 5.35. The van der Waals surface area contributed by atoms with E-state index in [2.05, 4.69) is 20.2 Å². The fraction of sp³-hybridized carbons (Fsp3) is 0.375. The Morgan fingerprint density at radius 2 is 2.12 bits per heavy atom. The van der Waals surface area contributed by atoms with Crippen molar-refractivity contribution in [3.63, 3.8) is 0 Å². The molecule has 2 bridgehead atoms. The number of ether oxygens (including phenoxy) is 1. The molecule has 164 valence electrons. The fourth-order valence-electron chi connectivity index (χ4n) is 5.27. The standard InChI is InChI=1S/C24H24N4O3S/c1-14(29)28-17-4-5-18(28)10-16(9-17)26-12-15-13-30-21-11-19(6-7-20(15)21)31-24-27-23-22(32-24)3-2-8-25-23/h2-3,6-8,11,13,16-18,26H,4-5,9-10,12H2,1H3. The van der Waals surface area contributed by atoms with Crippen molar-refractivity contribution in [3.05, 3.63) is 48.4 Å². The van der Waals surface area contributed by atoms with Gasteiger partial charge in [-0.25, -0.2) is 4.98 Å². The number of carbonyl (C=O) groups is 1. The first-order valence-corrected chi connectivity index (χ1v) is 11.9. The quantitative estimate of drug-likeness (QED) is 0.470. The Balaban J connectivity index is 1.13. The average molecular weight is 449 g/mol. The van der Waals surface area contributed by atoms with Crippen LogP contribution >= 0.6 is 11.3 Å². The lowest BCUT2D eigenvalue weighted by atomic mass is 9.97. The van der Waals surface area contributed by atoms with Crippen LogP contribution in [0.15, 0.2) is 47.2 Å². The van der Waals surface area contributed by atoms with Crippen LogP contribution in [-0.2, 0) is 11.3 Å². The number of rotatable bonds is 5. The van der Waals surface area contributed by atoms with Gasteiger partial charge in [0, 0.05) is 54.8 Å². The van der Waals surface area contributed by atoms with Gasteiger partial charge in [-0.15, -0.1) is 0 Å². The number of thiazole rings is 1. The molecular formula is C24H24N4O3S. The Bertz CT molecular complexity index is 1250. The topological polar surface area (TPSA) is 80.5 Å². The van der Waals surface area contributed by atoms with E-state index in [1.54, 1.807) is 13.1 Å². The Morgan fingerprint density at radius 1 is 1.28 bits per heavy atom. The maximum atomic E-state index is 11.9. The van der Waals surface area contributed by atoms with Gasteiger partial charge >= 0.3 is 0 Å². The second kappa shape index (κ2) is 7.86. The molecule has 7 nitrogen and oxygen atoms in total. The number of pyridine rings is 1. The van der Waals surface area contributed by atoms with Crippen LogP contribution in [0.1, 0.15) is 38.2 Å². The lowest BCUT2D eigenvalue weighted by Crippen LogP contribution is -2.50. The number of benzene rings is 1. The summed E-state index contributed by atoms with van der Waals surface area (Å²) in [4.78, 5) is 22.7. The minimum Gasteiger partial charge on any atom is -0.464 e. The molecule has 0 saturated carbocycles. The van der Waals surface area contributed by atoms with Gasteiger partial charge < -0.3 is 19.4 Å². The molecular weight excluding hydrogens is 424 g/mol. The van der Waals surface area contributed by atoms with Gasteiger partial charge in [0.2, 0.25) is 5.91 Å². The molecule has 2 fully saturated rings. The van der Waals surface area contributed by atoms with Crippen molar-refractivity contribution in [2.45, 2.75) is 57.3 Å². The van der Waals surface area contributed by atoms with Crippen molar-refractivity contribution in [1.82, 2.24) is 20.2 Å². The van der Waals surface area contributed by atoms with Crippen LogP contribution in [0.5, 0.6) is 10.9 Å². The van der Waals surface area contributed by atoms with Gasteiger partial charge in [0.15, 0.2) is 5.65 Å². The van der Waals surface area contributed by atoms with Crippen LogP contribution < -0.4 is 10.1 Å². The van der Waals surface area contributed by atoms with Gasteiger partial charge in [0.25, 0.3) is 5.19 Å². The highest BCUT2D eigenvalue weighted by Gasteiger charge is 2.41. The molecule has 2 saturated heterocycles. The summed E-state index contributed by atoms with van der Waals surface area (Å²) in [5.74, 6) is 0.913. The number of nitrogens with zero attached hydrogens (tertiary/aromatic N) is 3. The number of amides is 1. The maximum absolute atomic E-state index is 11.9. The van der Waals surface area contributed by atoms with Gasteiger partial charge in [0.1, 0.15) is 11.3 Å². The zero-order valence-electron chi connectivity index (χ0n) is 17.8.